The molecule has 29 heavy (non-hydrogen) atoms. The third-order valence-corrected chi connectivity index (χ3v) is 3.74. The van der Waals surface area contributed by atoms with Crippen molar-refractivity contribution in [2.24, 2.45) is 0 Å². The number of ether oxygens (including phenoxy) is 3. The van der Waals surface area contributed by atoms with E-state index in [4.69, 9.17) is 14.2 Å². The monoisotopic (exact) mass is 408 g/mol. The van der Waals surface area contributed by atoms with Gasteiger partial charge in [-0.2, -0.15) is 0 Å². The molecule has 1 aliphatic heterocycles. The zero-order valence-electron chi connectivity index (χ0n) is 17.7. The van der Waals surface area contributed by atoms with Gasteiger partial charge in [0, 0.05) is 23.2 Å². The molecule has 0 aliphatic carbocycles. The van der Waals surface area contributed by atoms with Crippen molar-refractivity contribution >= 4 is 12.0 Å². The molecule has 0 saturated carbocycles. The highest BCUT2D eigenvalue weighted by Gasteiger charge is 2.27. The van der Waals surface area contributed by atoms with E-state index in [-0.39, 0.29) is 30.2 Å². The fourth-order valence-electron chi connectivity index (χ4n) is 2.52. The van der Waals surface area contributed by atoms with Crippen LogP contribution in [0.2, 0.25) is 0 Å². The number of fused-ring (bicyclic) bond motifs is 1. The third kappa shape index (κ3) is 6.96. The van der Waals surface area contributed by atoms with Gasteiger partial charge in [-0.3, -0.25) is 4.79 Å². The summed E-state index contributed by atoms with van der Waals surface area (Å²) in [6.45, 7) is 10.9. The van der Waals surface area contributed by atoms with Crippen molar-refractivity contribution in [3.63, 3.8) is 0 Å². The largest absolute Gasteiger partial charge is 0.485 e. The number of halogens is 1. The normalized spacial score (nSPS) is 16.8. The van der Waals surface area contributed by atoms with E-state index in [9.17, 15) is 14.0 Å². The van der Waals surface area contributed by atoms with Crippen LogP contribution in [0, 0.1) is 0 Å². The van der Waals surface area contributed by atoms with E-state index in [1.165, 1.54) is 0 Å². The molecule has 160 valence electrons. The molecule has 1 aliphatic rings. The molecule has 8 heteroatoms. The van der Waals surface area contributed by atoms with E-state index in [2.05, 4.69) is 10.6 Å². The molecule has 2 rings (SSSR count). The Morgan fingerprint density at radius 1 is 1.21 bits per heavy atom. The Labute approximate surface area is 170 Å². The Balaban J connectivity index is 2.01. The molecule has 0 saturated heterocycles. The molecule has 2 N–H and O–H groups in total. The lowest BCUT2D eigenvalue weighted by Gasteiger charge is -2.28. The first-order valence-electron chi connectivity index (χ1n) is 9.40. The zero-order valence-corrected chi connectivity index (χ0v) is 17.7. The van der Waals surface area contributed by atoms with Crippen LogP contribution in [0.3, 0.4) is 0 Å². The van der Waals surface area contributed by atoms with E-state index in [1.807, 2.05) is 20.8 Å². The number of carbonyl (C=O) groups is 2. The number of amides is 2. The Hall–Kier alpha value is -2.77. The number of benzene rings is 1. The lowest BCUT2D eigenvalue weighted by atomic mass is 10.1. The minimum Gasteiger partial charge on any atom is -0.485 e. The maximum absolute atomic E-state index is 13.4. The molecule has 0 aromatic heterocycles. The Morgan fingerprint density at radius 3 is 2.48 bits per heavy atom. The predicted molar refractivity (Wildman–Crippen MR) is 107 cm³/mol. The number of alkyl carbamates (subject to hydrolysis) is 1. The molecular weight excluding hydrogens is 379 g/mol. The van der Waals surface area contributed by atoms with Crippen molar-refractivity contribution in [1.29, 1.82) is 0 Å². The summed E-state index contributed by atoms with van der Waals surface area (Å²) < 4.78 is 30.0. The van der Waals surface area contributed by atoms with Crippen LogP contribution < -0.4 is 20.1 Å². The minimum atomic E-state index is -0.711. The predicted octanol–water partition coefficient (Wildman–Crippen LogP) is 3.73. The van der Waals surface area contributed by atoms with Gasteiger partial charge in [0.25, 0.3) is 5.91 Å². The van der Waals surface area contributed by atoms with E-state index in [1.54, 1.807) is 39.0 Å². The molecule has 1 aromatic rings. The van der Waals surface area contributed by atoms with Crippen molar-refractivity contribution < 1.29 is 28.2 Å². The van der Waals surface area contributed by atoms with Gasteiger partial charge in [0.2, 0.25) is 0 Å². The second kappa shape index (κ2) is 8.71. The summed E-state index contributed by atoms with van der Waals surface area (Å²) in [5.74, 6) is 0.572. The Morgan fingerprint density at radius 2 is 1.90 bits per heavy atom. The van der Waals surface area contributed by atoms with Crippen molar-refractivity contribution in [2.75, 3.05) is 13.2 Å². The summed E-state index contributed by atoms with van der Waals surface area (Å²) >= 11 is 0. The zero-order chi connectivity index (χ0) is 21.8. The van der Waals surface area contributed by atoms with Gasteiger partial charge in [-0.1, -0.05) is 0 Å². The lowest BCUT2D eigenvalue weighted by molar-refractivity contribution is 0.0525. The molecule has 0 fully saturated rings. The van der Waals surface area contributed by atoms with Crippen LogP contribution in [-0.4, -0.2) is 42.4 Å². The highest BCUT2D eigenvalue weighted by Crippen LogP contribution is 2.34. The molecule has 0 radical (unpaired) electrons. The molecule has 0 bridgehead atoms. The Bertz CT molecular complexity index is 793. The maximum atomic E-state index is 13.4. The van der Waals surface area contributed by atoms with Gasteiger partial charge in [-0.15, -0.1) is 0 Å². The SMILES string of the molecule is CC(C)(C)NC(=O)c1ccc2c(c1)OCC(C(=CF)CNC(=O)OC(C)(C)C)O2. The summed E-state index contributed by atoms with van der Waals surface area (Å²) in [5.41, 5.74) is -0.369. The second-order valence-electron chi connectivity index (χ2n) is 8.82. The van der Waals surface area contributed by atoms with E-state index in [0.29, 0.717) is 23.4 Å². The fourth-order valence-corrected chi connectivity index (χ4v) is 2.52. The number of hydrogen-bond donors (Lipinski definition) is 2. The van der Waals surface area contributed by atoms with Crippen molar-refractivity contribution in [2.45, 2.75) is 58.8 Å². The van der Waals surface area contributed by atoms with Gasteiger partial charge in [-0.25, -0.2) is 9.18 Å². The van der Waals surface area contributed by atoms with Gasteiger partial charge < -0.3 is 24.8 Å². The van der Waals surface area contributed by atoms with Crippen LogP contribution in [-0.2, 0) is 4.74 Å². The van der Waals surface area contributed by atoms with E-state index >= 15 is 0 Å². The van der Waals surface area contributed by atoms with Gasteiger partial charge in [0.05, 0.1) is 6.33 Å². The maximum Gasteiger partial charge on any atom is 0.407 e. The van der Waals surface area contributed by atoms with Crippen LogP contribution in [0.15, 0.2) is 30.1 Å². The summed E-state index contributed by atoms with van der Waals surface area (Å²) in [6.07, 6.45) is -0.971. The number of carbonyl (C=O) groups excluding carboxylic acids is 2. The molecule has 1 atom stereocenters. The quantitative estimate of drug-likeness (QED) is 0.793. The van der Waals surface area contributed by atoms with Crippen LogP contribution in [0.4, 0.5) is 9.18 Å². The molecule has 1 unspecified atom stereocenters. The van der Waals surface area contributed by atoms with Crippen molar-refractivity contribution in [3.8, 4) is 11.5 Å². The molecule has 7 nitrogen and oxygen atoms in total. The second-order valence-corrected chi connectivity index (χ2v) is 8.82. The Kier molecular flexibility index (Phi) is 6.77. The smallest absolute Gasteiger partial charge is 0.407 e. The van der Waals surface area contributed by atoms with Gasteiger partial charge >= 0.3 is 6.09 Å². The van der Waals surface area contributed by atoms with Gasteiger partial charge in [-0.05, 0) is 59.7 Å². The van der Waals surface area contributed by atoms with E-state index < -0.39 is 17.8 Å². The van der Waals surface area contributed by atoms with Gasteiger partial charge in [0.1, 0.15) is 12.2 Å². The third-order valence-electron chi connectivity index (χ3n) is 3.74. The highest BCUT2D eigenvalue weighted by atomic mass is 19.1. The average Bonchev–Trinajstić information content (AvgIpc) is 2.58. The van der Waals surface area contributed by atoms with Crippen LogP contribution in [0.1, 0.15) is 51.9 Å². The molecule has 1 aromatic carbocycles. The van der Waals surface area contributed by atoms with Crippen molar-refractivity contribution in [3.05, 3.63) is 35.7 Å². The summed E-state index contributed by atoms with van der Waals surface area (Å²) in [6, 6.07) is 4.81. The average molecular weight is 408 g/mol. The first-order valence-corrected chi connectivity index (χ1v) is 9.40. The number of rotatable bonds is 4. The molecule has 0 spiro atoms. The topological polar surface area (TPSA) is 85.9 Å². The number of hydrogen-bond acceptors (Lipinski definition) is 5. The van der Waals surface area contributed by atoms with Crippen LogP contribution >= 0.6 is 0 Å². The molecule has 1 heterocycles. The first-order chi connectivity index (χ1) is 13.4. The summed E-state index contributed by atoms with van der Waals surface area (Å²) in [5, 5.41) is 5.37. The number of nitrogens with one attached hydrogen (secondary N) is 2. The van der Waals surface area contributed by atoms with Crippen LogP contribution in [0.25, 0.3) is 0 Å². The van der Waals surface area contributed by atoms with Gasteiger partial charge in [0.15, 0.2) is 17.6 Å². The molecular formula is C21H29FN2O5. The summed E-state index contributed by atoms with van der Waals surface area (Å²) in [4.78, 5) is 24.1. The lowest BCUT2D eigenvalue weighted by Crippen LogP contribution is -2.40. The van der Waals surface area contributed by atoms with Crippen LogP contribution in [0.5, 0.6) is 11.5 Å². The molecule has 2 amide bonds. The minimum absolute atomic E-state index is 0.0447. The fraction of sp³-hybridized carbons (Fsp3) is 0.524. The van der Waals surface area contributed by atoms with E-state index in [0.717, 1.165) is 0 Å². The van der Waals surface area contributed by atoms with Crippen molar-refractivity contribution in [1.82, 2.24) is 10.6 Å². The summed E-state index contributed by atoms with van der Waals surface area (Å²) in [7, 11) is 0. The first kappa shape index (κ1) is 22.5. The standard InChI is InChI=1S/C21H29FN2O5/c1-20(2,3)24-18(25)13-7-8-15-16(9-13)27-12-17(28-15)14(10-22)11-23-19(26)29-21(4,5)6/h7-10,17H,11-12H2,1-6H3,(H,23,26)(H,24,25). The highest BCUT2D eigenvalue weighted by molar-refractivity contribution is 5.95.